The number of amides is 1. The van der Waals surface area contributed by atoms with Crippen LogP contribution in [0.1, 0.15) is 11.7 Å². The molecule has 0 saturated carbocycles. The molecular formula is C12H16N2O5. The van der Waals surface area contributed by atoms with Gasteiger partial charge in [0.05, 0.1) is 13.7 Å². The van der Waals surface area contributed by atoms with Crippen molar-refractivity contribution < 1.29 is 24.2 Å². The molecule has 7 heteroatoms. The number of methoxy groups -OCH3 is 1. The molecule has 0 aliphatic heterocycles. The third-order valence-electron chi connectivity index (χ3n) is 2.22. The van der Waals surface area contributed by atoms with Crippen LogP contribution in [0.15, 0.2) is 30.3 Å². The van der Waals surface area contributed by atoms with Crippen molar-refractivity contribution in [3.8, 4) is 0 Å². The fourth-order valence-corrected chi connectivity index (χ4v) is 1.40. The second-order valence-corrected chi connectivity index (χ2v) is 3.54. The number of ether oxygens (including phenoxy) is 2. The van der Waals surface area contributed by atoms with E-state index in [0.717, 1.165) is 0 Å². The van der Waals surface area contributed by atoms with E-state index in [9.17, 15) is 9.59 Å². The molecule has 0 saturated heterocycles. The van der Waals surface area contributed by atoms with Crippen LogP contribution in [-0.2, 0) is 14.3 Å². The Kier molecular flexibility index (Phi) is 6.34. The molecule has 1 atom stereocenters. The van der Waals surface area contributed by atoms with Crippen LogP contribution in [0, 0.1) is 0 Å². The Morgan fingerprint density at radius 1 is 1.32 bits per heavy atom. The average Bonchev–Trinajstić information content (AvgIpc) is 2.42. The van der Waals surface area contributed by atoms with Crippen molar-refractivity contribution in [2.24, 2.45) is 0 Å². The smallest absolute Gasteiger partial charge is 0.419 e. The molecule has 19 heavy (non-hydrogen) atoms. The maximum absolute atomic E-state index is 11.6. The zero-order valence-corrected chi connectivity index (χ0v) is 10.5. The minimum atomic E-state index is -1.19. The Morgan fingerprint density at radius 2 is 2.00 bits per heavy atom. The van der Waals surface area contributed by atoms with Crippen molar-refractivity contribution in [2.75, 3.05) is 20.3 Å². The van der Waals surface area contributed by atoms with Crippen molar-refractivity contribution in [1.29, 1.82) is 0 Å². The second-order valence-electron chi connectivity index (χ2n) is 3.54. The van der Waals surface area contributed by atoms with Gasteiger partial charge in [-0.25, -0.2) is 15.0 Å². The van der Waals surface area contributed by atoms with Crippen molar-refractivity contribution in [3.05, 3.63) is 35.9 Å². The van der Waals surface area contributed by atoms with Gasteiger partial charge in [-0.2, -0.15) is 0 Å². The van der Waals surface area contributed by atoms with Crippen molar-refractivity contribution in [1.82, 2.24) is 10.9 Å². The highest BCUT2D eigenvalue weighted by atomic mass is 16.6. The molecule has 0 radical (unpaired) electrons. The molecule has 7 nitrogen and oxygen atoms in total. The van der Waals surface area contributed by atoms with Crippen LogP contribution in [0.4, 0.5) is 4.79 Å². The van der Waals surface area contributed by atoms with Crippen LogP contribution in [0.2, 0.25) is 0 Å². The summed E-state index contributed by atoms with van der Waals surface area (Å²) < 4.78 is 10.1. The Labute approximate surface area is 110 Å². The van der Waals surface area contributed by atoms with E-state index >= 15 is 0 Å². The number of hydrogen-bond donors (Lipinski definition) is 3. The minimum Gasteiger partial charge on any atom is -0.467 e. The molecule has 0 bridgehead atoms. The zero-order valence-electron chi connectivity index (χ0n) is 10.5. The molecule has 0 aromatic heterocycles. The molecule has 3 N–H and O–H groups in total. The van der Waals surface area contributed by atoms with E-state index in [-0.39, 0.29) is 13.2 Å². The first kappa shape index (κ1) is 14.9. The Bertz CT molecular complexity index is 410. The average molecular weight is 268 g/mol. The third kappa shape index (κ3) is 5.36. The molecule has 0 heterocycles. The van der Waals surface area contributed by atoms with Crippen molar-refractivity contribution >= 4 is 12.1 Å². The summed E-state index contributed by atoms with van der Waals surface area (Å²) in [5.41, 5.74) is 5.08. The lowest BCUT2D eigenvalue weighted by Gasteiger charge is -2.16. The Balaban J connectivity index is 2.48. The maximum Gasteiger partial charge on any atom is 0.419 e. The summed E-state index contributed by atoms with van der Waals surface area (Å²) in [6, 6.07) is 8.92. The number of carboxylic acid groups (broad SMARTS) is 1. The summed E-state index contributed by atoms with van der Waals surface area (Å²) in [6.45, 7) is 0.377. The van der Waals surface area contributed by atoms with Gasteiger partial charge in [0.15, 0.2) is 6.10 Å². The monoisotopic (exact) mass is 268 g/mol. The van der Waals surface area contributed by atoms with E-state index in [4.69, 9.17) is 9.84 Å². The predicted molar refractivity (Wildman–Crippen MR) is 66.3 cm³/mol. The lowest BCUT2D eigenvalue weighted by atomic mass is 10.1. The van der Waals surface area contributed by atoms with Gasteiger partial charge in [-0.05, 0) is 5.56 Å². The second kappa shape index (κ2) is 8.06. The van der Waals surface area contributed by atoms with E-state index < -0.39 is 18.2 Å². The highest BCUT2D eigenvalue weighted by Gasteiger charge is 2.21. The maximum atomic E-state index is 11.6. The summed E-state index contributed by atoms with van der Waals surface area (Å²) in [5, 5.41) is 8.34. The number of esters is 1. The van der Waals surface area contributed by atoms with Gasteiger partial charge in [0.25, 0.3) is 0 Å². The number of carbonyl (C=O) groups excluding carboxylic acids is 1. The number of hydrogen-bond acceptors (Lipinski definition) is 5. The molecule has 1 unspecified atom stereocenters. The third-order valence-corrected chi connectivity index (χ3v) is 2.22. The van der Waals surface area contributed by atoms with Gasteiger partial charge in [-0.15, -0.1) is 0 Å². The van der Waals surface area contributed by atoms with Crippen molar-refractivity contribution in [2.45, 2.75) is 6.10 Å². The molecule has 0 spiro atoms. The number of hydrazine groups is 1. The molecule has 0 aliphatic rings. The molecule has 1 rings (SSSR count). The largest absolute Gasteiger partial charge is 0.467 e. The molecule has 1 aromatic carbocycles. The lowest BCUT2D eigenvalue weighted by molar-refractivity contribution is -0.154. The summed E-state index contributed by atoms with van der Waals surface area (Å²) >= 11 is 0. The van der Waals surface area contributed by atoms with Crippen molar-refractivity contribution in [3.63, 3.8) is 0 Å². The number of carbonyl (C=O) groups is 2. The molecule has 1 amide bonds. The van der Waals surface area contributed by atoms with Gasteiger partial charge in [0.1, 0.15) is 0 Å². The molecular weight excluding hydrogens is 252 g/mol. The Morgan fingerprint density at radius 3 is 2.58 bits per heavy atom. The predicted octanol–water partition coefficient (Wildman–Crippen LogP) is 0.689. The lowest BCUT2D eigenvalue weighted by Crippen LogP contribution is -2.38. The Hall–Kier alpha value is -2.12. The van der Waals surface area contributed by atoms with Gasteiger partial charge < -0.3 is 14.6 Å². The fourth-order valence-electron chi connectivity index (χ4n) is 1.40. The van der Waals surface area contributed by atoms with Crippen LogP contribution in [-0.4, -0.2) is 37.4 Å². The van der Waals surface area contributed by atoms with Crippen LogP contribution in [0.3, 0.4) is 0 Å². The number of nitrogens with one attached hydrogen (secondary N) is 2. The zero-order chi connectivity index (χ0) is 14.1. The highest BCUT2D eigenvalue weighted by molar-refractivity contribution is 5.76. The summed E-state index contributed by atoms with van der Waals surface area (Å²) in [6.07, 6.45) is -2.01. The SMILES string of the molecule is COC(=O)C(OCCNNC(=O)O)c1ccccc1. The van der Waals surface area contributed by atoms with Gasteiger partial charge in [-0.1, -0.05) is 30.3 Å². The topological polar surface area (TPSA) is 96.9 Å². The van der Waals surface area contributed by atoms with Gasteiger partial charge in [0.2, 0.25) is 0 Å². The van der Waals surface area contributed by atoms with Crippen LogP contribution >= 0.6 is 0 Å². The van der Waals surface area contributed by atoms with Crippen LogP contribution < -0.4 is 10.9 Å². The van der Waals surface area contributed by atoms with Crippen LogP contribution in [0.5, 0.6) is 0 Å². The first-order valence-corrected chi connectivity index (χ1v) is 5.61. The summed E-state index contributed by atoms with van der Waals surface area (Å²) in [5.74, 6) is -0.502. The molecule has 0 fully saturated rings. The molecule has 1 aromatic rings. The standard InChI is InChI=1S/C12H16N2O5/c1-18-11(15)10(9-5-3-2-4-6-9)19-8-7-13-14-12(16)17/h2-6,10,13-14H,7-8H2,1H3,(H,16,17). The fraction of sp³-hybridized carbons (Fsp3) is 0.333. The summed E-state index contributed by atoms with van der Waals surface area (Å²) in [7, 11) is 1.28. The van der Waals surface area contributed by atoms with E-state index in [1.807, 2.05) is 11.5 Å². The van der Waals surface area contributed by atoms with E-state index in [1.54, 1.807) is 24.3 Å². The minimum absolute atomic E-state index is 0.148. The number of rotatable bonds is 7. The van der Waals surface area contributed by atoms with Gasteiger partial charge >= 0.3 is 12.1 Å². The van der Waals surface area contributed by atoms with Gasteiger partial charge in [-0.3, -0.25) is 5.43 Å². The highest BCUT2D eigenvalue weighted by Crippen LogP contribution is 2.18. The van der Waals surface area contributed by atoms with Gasteiger partial charge in [0, 0.05) is 6.54 Å². The van der Waals surface area contributed by atoms with Crippen LogP contribution in [0.25, 0.3) is 0 Å². The number of benzene rings is 1. The van der Waals surface area contributed by atoms with E-state index in [1.165, 1.54) is 7.11 Å². The summed E-state index contributed by atoms with van der Waals surface area (Å²) in [4.78, 5) is 21.8. The van der Waals surface area contributed by atoms with E-state index in [0.29, 0.717) is 5.56 Å². The first-order valence-electron chi connectivity index (χ1n) is 5.61. The molecule has 104 valence electrons. The quantitative estimate of drug-likeness (QED) is 0.382. The molecule has 0 aliphatic carbocycles. The normalized spacial score (nSPS) is 11.6. The van der Waals surface area contributed by atoms with E-state index in [2.05, 4.69) is 10.2 Å². The first-order chi connectivity index (χ1) is 9.15.